The molecule has 0 bridgehead atoms. The smallest absolute Gasteiger partial charge is 0.450 e. The minimum absolute atomic E-state index is 0. The van der Waals surface area contributed by atoms with Gasteiger partial charge < -0.3 is 4.74 Å². The van der Waals surface area contributed by atoms with E-state index in [1.807, 2.05) is 0 Å². The summed E-state index contributed by atoms with van der Waals surface area (Å²) >= 11 is 0. The average Bonchev–Trinajstić information content (AvgIpc) is 1.85. The van der Waals surface area contributed by atoms with E-state index < -0.39 is 24.3 Å². The number of Topliss-reactive ketones (excluding diaryl/α,β-unsaturated/α-hetero) is 1. The Bertz CT molecular complexity index is 190. The van der Waals surface area contributed by atoms with Crippen LogP contribution in [0.1, 0.15) is 13.3 Å². The molecule has 0 aromatic heterocycles. The van der Waals surface area contributed by atoms with E-state index in [1.165, 1.54) is 6.92 Å². The van der Waals surface area contributed by atoms with Crippen molar-refractivity contribution < 1.29 is 49.9 Å². The van der Waals surface area contributed by atoms with Crippen LogP contribution in [0, 0.1) is 0 Å². The molecular weight excluding hydrogens is 285 g/mol. The molecule has 0 aliphatic heterocycles. The van der Waals surface area contributed by atoms with Crippen molar-refractivity contribution in [2.24, 2.45) is 0 Å². The Morgan fingerprint density at radius 3 is 2.08 bits per heavy atom. The van der Waals surface area contributed by atoms with Crippen molar-refractivity contribution in [3.63, 3.8) is 0 Å². The molecule has 1 radical (unpaired) electrons. The van der Waals surface area contributed by atoms with Crippen molar-refractivity contribution in [3.05, 3.63) is 0 Å². The van der Waals surface area contributed by atoms with Gasteiger partial charge in [0.1, 0.15) is 6.42 Å². The van der Waals surface area contributed by atoms with Crippen LogP contribution in [0.25, 0.3) is 0 Å². The summed E-state index contributed by atoms with van der Waals surface area (Å²) in [7, 11) is 0. The standard InChI is InChI=1S/C6H7F3O3.Ag/c1-2-12-5(11)3-4(10)6(7,8)9;/h2-3H2,1H3;. The molecule has 0 aromatic carbocycles. The van der Waals surface area contributed by atoms with E-state index in [-0.39, 0.29) is 29.0 Å². The fraction of sp³-hybridized carbons (Fsp3) is 0.667. The Morgan fingerprint density at radius 1 is 1.31 bits per heavy atom. The second-order valence-electron chi connectivity index (χ2n) is 1.90. The van der Waals surface area contributed by atoms with E-state index in [0.29, 0.717) is 0 Å². The van der Waals surface area contributed by atoms with Crippen molar-refractivity contribution in [1.29, 1.82) is 0 Å². The Balaban J connectivity index is 0. The van der Waals surface area contributed by atoms with Crippen LogP contribution >= 0.6 is 0 Å². The Labute approximate surface area is 88.1 Å². The van der Waals surface area contributed by atoms with Crippen LogP contribution in [0.15, 0.2) is 0 Å². The first-order valence-electron chi connectivity index (χ1n) is 3.13. The van der Waals surface area contributed by atoms with Gasteiger partial charge >= 0.3 is 12.1 Å². The molecule has 0 amide bonds. The van der Waals surface area contributed by atoms with Gasteiger partial charge in [-0.05, 0) is 6.92 Å². The van der Waals surface area contributed by atoms with Crippen LogP contribution in [0.3, 0.4) is 0 Å². The topological polar surface area (TPSA) is 43.4 Å². The fourth-order valence-corrected chi connectivity index (χ4v) is 0.443. The largest absolute Gasteiger partial charge is 0.466 e. The van der Waals surface area contributed by atoms with Gasteiger partial charge in [0.2, 0.25) is 5.78 Å². The second-order valence-corrected chi connectivity index (χ2v) is 1.90. The SMILES string of the molecule is CCOC(=O)CC(=O)C(F)(F)F.[Ag]. The van der Waals surface area contributed by atoms with Crippen molar-refractivity contribution >= 4 is 11.8 Å². The summed E-state index contributed by atoms with van der Waals surface area (Å²) in [5.41, 5.74) is 0. The molecule has 0 aromatic rings. The summed E-state index contributed by atoms with van der Waals surface area (Å²) in [6, 6.07) is 0. The maximum Gasteiger partial charge on any atom is 0.450 e. The van der Waals surface area contributed by atoms with E-state index in [0.717, 1.165) is 0 Å². The third kappa shape index (κ3) is 6.80. The molecule has 0 aliphatic carbocycles. The number of rotatable bonds is 3. The number of ether oxygens (including phenoxy) is 1. The van der Waals surface area contributed by atoms with Crippen LogP contribution in [0.2, 0.25) is 0 Å². The van der Waals surface area contributed by atoms with E-state index in [4.69, 9.17) is 0 Å². The Hall–Kier alpha value is -0.330. The van der Waals surface area contributed by atoms with Crippen molar-refractivity contribution in [2.75, 3.05) is 6.61 Å². The normalized spacial score (nSPS) is 10.2. The predicted octanol–water partition coefficient (Wildman–Crippen LogP) is 1.07. The van der Waals surface area contributed by atoms with E-state index in [2.05, 4.69) is 4.74 Å². The first-order valence-corrected chi connectivity index (χ1v) is 3.13. The van der Waals surface area contributed by atoms with Crippen molar-refractivity contribution in [3.8, 4) is 0 Å². The summed E-state index contributed by atoms with van der Waals surface area (Å²) in [6.07, 6.45) is -6.19. The zero-order chi connectivity index (χ0) is 9.78. The molecule has 0 N–H and O–H groups in total. The van der Waals surface area contributed by atoms with Gasteiger partial charge in [0.25, 0.3) is 0 Å². The van der Waals surface area contributed by atoms with Crippen LogP contribution in [-0.4, -0.2) is 24.5 Å². The first kappa shape index (κ1) is 15.2. The number of hydrogen-bond acceptors (Lipinski definition) is 3. The Kier molecular flexibility index (Phi) is 7.20. The summed E-state index contributed by atoms with van der Waals surface area (Å²) in [4.78, 5) is 20.5. The number of halogens is 3. The fourth-order valence-electron chi connectivity index (χ4n) is 0.443. The van der Waals surface area contributed by atoms with E-state index in [9.17, 15) is 22.8 Å². The maximum absolute atomic E-state index is 11.5. The number of hydrogen-bond donors (Lipinski definition) is 0. The first-order chi connectivity index (χ1) is 5.38. The summed E-state index contributed by atoms with van der Waals surface area (Å²) < 4.78 is 38.6. The number of carbonyl (C=O) groups excluding carboxylic acids is 2. The quantitative estimate of drug-likeness (QED) is 0.444. The molecule has 0 unspecified atom stereocenters. The van der Waals surface area contributed by atoms with Crippen LogP contribution in [0.4, 0.5) is 13.2 Å². The maximum atomic E-state index is 11.5. The minimum atomic E-state index is -4.95. The molecular formula is C6H7AgF3O3. The van der Waals surface area contributed by atoms with Gasteiger partial charge in [-0.1, -0.05) is 0 Å². The molecule has 0 heterocycles. The number of ketones is 1. The zero-order valence-electron chi connectivity index (χ0n) is 6.57. The third-order valence-corrected chi connectivity index (χ3v) is 0.926. The number of esters is 1. The van der Waals surface area contributed by atoms with Gasteiger partial charge in [-0.15, -0.1) is 0 Å². The molecule has 0 rings (SSSR count). The summed E-state index contributed by atoms with van der Waals surface area (Å²) in [5, 5.41) is 0. The molecule has 13 heavy (non-hydrogen) atoms. The molecule has 0 fully saturated rings. The third-order valence-electron chi connectivity index (χ3n) is 0.926. The summed E-state index contributed by atoms with van der Waals surface area (Å²) in [5.74, 6) is -3.24. The number of alkyl halides is 3. The molecule has 7 heteroatoms. The second kappa shape index (κ2) is 6.17. The molecule has 0 aliphatic rings. The zero-order valence-corrected chi connectivity index (χ0v) is 8.06. The molecule has 3 nitrogen and oxygen atoms in total. The molecule has 0 atom stereocenters. The van der Waals surface area contributed by atoms with E-state index in [1.54, 1.807) is 0 Å². The van der Waals surface area contributed by atoms with Gasteiger partial charge in [0.15, 0.2) is 0 Å². The average molecular weight is 292 g/mol. The monoisotopic (exact) mass is 291 g/mol. The number of carbonyl (C=O) groups is 2. The van der Waals surface area contributed by atoms with Gasteiger partial charge in [-0.25, -0.2) is 0 Å². The van der Waals surface area contributed by atoms with Gasteiger partial charge in [0, 0.05) is 22.4 Å². The molecule has 0 saturated heterocycles. The van der Waals surface area contributed by atoms with Gasteiger partial charge in [0.05, 0.1) is 6.61 Å². The van der Waals surface area contributed by atoms with E-state index >= 15 is 0 Å². The summed E-state index contributed by atoms with van der Waals surface area (Å²) in [6.45, 7) is 1.40. The van der Waals surface area contributed by atoms with Crippen LogP contribution in [0.5, 0.6) is 0 Å². The predicted molar refractivity (Wildman–Crippen MR) is 32.3 cm³/mol. The van der Waals surface area contributed by atoms with Crippen molar-refractivity contribution in [1.82, 2.24) is 0 Å². The van der Waals surface area contributed by atoms with Crippen LogP contribution < -0.4 is 0 Å². The van der Waals surface area contributed by atoms with Gasteiger partial charge in [-0.2, -0.15) is 13.2 Å². The Morgan fingerprint density at radius 2 is 1.77 bits per heavy atom. The molecule has 0 spiro atoms. The minimum Gasteiger partial charge on any atom is -0.466 e. The molecule has 81 valence electrons. The van der Waals surface area contributed by atoms with Crippen molar-refractivity contribution in [2.45, 2.75) is 19.5 Å². The molecule has 0 saturated carbocycles. The van der Waals surface area contributed by atoms with Crippen LogP contribution in [-0.2, 0) is 36.7 Å². The van der Waals surface area contributed by atoms with Gasteiger partial charge in [-0.3, -0.25) is 9.59 Å².